The van der Waals surface area contributed by atoms with E-state index in [0.29, 0.717) is 23.3 Å². The average molecular weight is 357 g/mol. The summed E-state index contributed by atoms with van der Waals surface area (Å²) in [5.41, 5.74) is 2.01. The third kappa shape index (κ3) is 3.44. The maximum absolute atomic E-state index is 5.92. The van der Waals surface area contributed by atoms with Gasteiger partial charge in [0.2, 0.25) is 5.88 Å². The third-order valence-corrected chi connectivity index (χ3v) is 3.60. The number of halogens is 2. The van der Waals surface area contributed by atoms with Crippen molar-refractivity contribution in [3.63, 3.8) is 0 Å². The Bertz CT molecular complexity index is 604. The highest BCUT2D eigenvalue weighted by Crippen LogP contribution is 2.34. The van der Waals surface area contributed by atoms with Gasteiger partial charge in [-0.25, -0.2) is 4.98 Å². The SMILES string of the molecule is CCc1ccc(Oc2ncc(Br)cc2CCl)c(OC)c1. The largest absolute Gasteiger partial charge is 0.493 e. The summed E-state index contributed by atoms with van der Waals surface area (Å²) < 4.78 is 12.1. The van der Waals surface area contributed by atoms with Crippen LogP contribution in [-0.2, 0) is 12.3 Å². The molecule has 0 saturated carbocycles. The highest BCUT2D eigenvalue weighted by atomic mass is 79.9. The maximum atomic E-state index is 5.92. The zero-order valence-corrected chi connectivity index (χ0v) is 13.7. The summed E-state index contributed by atoms with van der Waals surface area (Å²) in [4.78, 5) is 4.25. The summed E-state index contributed by atoms with van der Waals surface area (Å²) in [7, 11) is 1.62. The number of hydrogen-bond donors (Lipinski definition) is 0. The van der Waals surface area contributed by atoms with Crippen LogP contribution in [0.25, 0.3) is 0 Å². The summed E-state index contributed by atoms with van der Waals surface area (Å²) in [6.45, 7) is 2.09. The van der Waals surface area contributed by atoms with Gasteiger partial charge in [-0.2, -0.15) is 0 Å². The second kappa shape index (κ2) is 6.95. The number of aryl methyl sites for hydroxylation is 1. The van der Waals surface area contributed by atoms with Crippen molar-refractivity contribution >= 4 is 27.5 Å². The van der Waals surface area contributed by atoms with Gasteiger partial charge in [0.25, 0.3) is 0 Å². The van der Waals surface area contributed by atoms with Crippen molar-refractivity contribution in [3.05, 3.63) is 46.1 Å². The summed E-state index contributed by atoms with van der Waals surface area (Å²) in [5, 5.41) is 0. The zero-order valence-electron chi connectivity index (χ0n) is 11.3. The van der Waals surface area contributed by atoms with E-state index >= 15 is 0 Å². The van der Waals surface area contributed by atoms with Gasteiger partial charge in [-0.15, -0.1) is 11.6 Å². The van der Waals surface area contributed by atoms with Crippen LogP contribution in [0.15, 0.2) is 34.9 Å². The van der Waals surface area contributed by atoms with Crippen molar-refractivity contribution in [2.24, 2.45) is 0 Å². The van der Waals surface area contributed by atoms with E-state index in [1.165, 1.54) is 5.56 Å². The number of methoxy groups -OCH3 is 1. The molecule has 0 fully saturated rings. The van der Waals surface area contributed by atoms with Gasteiger partial charge in [0, 0.05) is 16.2 Å². The van der Waals surface area contributed by atoms with Gasteiger partial charge >= 0.3 is 0 Å². The maximum Gasteiger partial charge on any atom is 0.223 e. The van der Waals surface area contributed by atoms with E-state index in [-0.39, 0.29) is 0 Å². The highest BCUT2D eigenvalue weighted by molar-refractivity contribution is 9.10. The minimum atomic E-state index is 0.330. The van der Waals surface area contributed by atoms with Crippen LogP contribution in [0.4, 0.5) is 0 Å². The van der Waals surface area contributed by atoms with E-state index in [0.717, 1.165) is 16.5 Å². The van der Waals surface area contributed by atoms with Crippen molar-refractivity contribution in [1.29, 1.82) is 0 Å². The number of nitrogens with zero attached hydrogens (tertiary/aromatic N) is 1. The molecule has 1 heterocycles. The normalized spacial score (nSPS) is 10.4. The van der Waals surface area contributed by atoms with Crippen LogP contribution in [0.3, 0.4) is 0 Å². The molecule has 0 N–H and O–H groups in total. The molecule has 1 aromatic carbocycles. The molecule has 0 radical (unpaired) electrons. The minimum absolute atomic E-state index is 0.330. The molecule has 0 spiro atoms. The van der Waals surface area contributed by atoms with Crippen molar-refractivity contribution in [2.45, 2.75) is 19.2 Å². The summed E-state index contributed by atoms with van der Waals surface area (Å²) >= 11 is 9.29. The first-order valence-electron chi connectivity index (χ1n) is 6.23. The molecular formula is C15H15BrClNO2. The van der Waals surface area contributed by atoms with Gasteiger partial charge in [0.05, 0.1) is 13.0 Å². The van der Waals surface area contributed by atoms with E-state index in [4.69, 9.17) is 21.1 Å². The topological polar surface area (TPSA) is 31.4 Å². The lowest BCUT2D eigenvalue weighted by Gasteiger charge is -2.12. The van der Waals surface area contributed by atoms with Crippen molar-refractivity contribution in [3.8, 4) is 17.4 Å². The molecule has 5 heteroatoms. The molecule has 2 aromatic rings. The molecule has 2 rings (SSSR count). The fraction of sp³-hybridized carbons (Fsp3) is 0.267. The van der Waals surface area contributed by atoms with Gasteiger partial charge < -0.3 is 9.47 Å². The zero-order chi connectivity index (χ0) is 14.5. The Kier molecular flexibility index (Phi) is 5.26. The molecule has 3 nitrogen and oxygen atoms in total. The number of rotatable bonds is 5. The van der Waals surface area contributed by atoms with Crippen LogP contribution in [0.2, 0.25) is 0 Å². The van der Waals surface area contributed by atoms with Crippen molar-refractivity contribution < 1.29 is 9.47 Å². The van der Waals surface area contributed by atoms with Gasteiger partial charge in [-0.1, -0.05) is 13.0 Å². The fourth-order valence-corrected chi connectivity index (χ4v) is 2.35. The lowest BCUT2D eigenvalue weighted by atomic mass is 10.1. The van der Waals surface area contributed by atoms with Gasteiger partial charge in [0.15, 0.2) is 11.5 Å². The number of benzene rings is 1. The first kappa shape index (κ1) is 15.1. The van der Waals surface area contributed by atoms with Gasteiger partial charge in [0.1, 0.15) is 0 Å². The quantitative estimate of drug-likeness (QED) is 0.711. The first-order chi connectivity index (χ1) is 9.67. The molecule has 0 aliphatic rings. The van der Waals surface area contributed by atoms with Crippen LogP contribution < -0.4 is 9.47 Å². The van der Waals surface area contributed by atoms with Crippen LogP contribution in [0, 0.1) is 0 Å². The molecule has 1 aromatic heterocycles. The fourth-order valence-electron chi connectivity index (χ4n) is 1.78. The minimum Gasteiger partial charge on any atom is -0.493 e. The Labute approximate surface area is 132 Å². The molecule has 0 saturated heterocycles. The first-order valence-corrected chi connectivity index (χ1v) is 7.55. The molecule has 0 bridgehead atoms. The van der Waals surface area contributed by atoms with Crippen LogP contribution in [-0.4, -0.2) is 12.1 Å². The summed E-state index contributed by atoms with van der Waals surface area (Å²) in [5.74, 6) is 2.14. The van der Waals surface area contributed by atoms with Crippen LogP contribution in [0.5, 0.6) is 17.4 Å². The number of pyridine rings is 1. The number of alkyl halides is 1. The number of hydrogen-bond acceptors (Lipinski definition) is 3. The Morgan fingerprint density at radius 3 is 2.70 bits per heavy atom. The second-order valence-electron chi connectivity index (χ2n) is 4.19. The number of ether oxygens (including phenoxy) is 2. The van der Waals surface area contributed by atoms with E-state index in [1.54, 1.807) is 13.3 Å². The molecule has 0 atom stereocenters. The number of aromatic nitrogens is 1. The van der Waals surface area contributed by atoms with Crippen molar-refractivity contribution in [2.75, 3.05) is 7.11 Å². The van der Waals surface area contributed by atoms with E-state index in [9.17, 15) is 0 Å². The molecule has 0 unspecified atom stereocenters. The predicted octanol–water partition coefficient (Wildman–Crippen LogP) is 4.95. The van der Waals surface area contributed by atoms with Crippen LogP contribution in [0.1, 0.15) is 18.1 Å². The second-order valence-corrected chi connectivity index (χ2v) is 5.38. The summed E-state index contributed by atoms with van der Waals surface area (Å²) in [6, 6.07) is 7.76. The standard InChI is InChI=1S/C15H15BrClNO2/c1-3-10-4-5-13(14(6-10)19-2)20-15-11(8-17)7-12(16)9-18-15/h4-7,9H,3,8H2,1-2H3. The monoisotopic (exact) mass is 355 g/mol. The molecule has 20 heavy (non-hydrogen) atoms. The van der Waals surface area contributed by atoms with Gasteiger partial charge in [-0.05, 0) is 46.1 Å². The Morgan fingerprint density at radius 1 is 1.25 bits per heavy atom. The predicted molar refractivity (Wildman–Crippen MR) is 83.9 cm³/mol. The lowest BCUT2D eigenvalue weighted by molar-refractivity contribution is 0.372. The summed E-state index contributed by atoms with van der Waals surface area (Å²) in [6.07, 6.45) is 2.62. The molecule has 0 amide bonds. The Balaban J connectivity index is 2.34. The van der Waals surface area contributed by atoms with Crippen molar-refractivity contribution in [1.82, 2.24) is 4.98 Å². The van der Waals surface area contributed by atoms with Crippen LogP contribution >= 0.6 is 27.5 Å². The van der Waals surface area contributed by atoms with E-state index < -0.39 is 0 Å². The third-order valence-electron chi connectivity index (χ3n) is 2.88. The highest BCUT2D eigenvalue weighted by Gasteiger charge is 2.11. The van der Waals surface area contributed by atoms with E-state index in [1.807, 2.05) is 24.3 Å². The molecular weight excluding hydrogens is 342 g/mol. The lowest BCUT2D eigenvalue weighted by Crippen LogP contribution is -1.96. The smallest absolute Gasteiger partial charge is 0.223 e. The Morgan fingerprint density at radius 2 is 2.05 bits per heavy atom. The van der Waals surface area contributed by atoms with E-state index in [2.05, 4.69) is 27.8 Å². The molecule has 106 valence electrons. The molecule has 0 aliphatic heterocycles. The molecule has 0 aliphatic carbocycles. The average Bonchev–Trinajstić information content (AvgIpc) is 2.49. The van der Waals surface area contributed by atoms with Gasteiger partial charge in [-0.3, -0.25) is 0 Å². The Hall–Kier alpha value is -1.26.